The average molecular weight is 970 g/mol. The van der Waals surface area contributed by atoms with Gasteiger partial charge in [-0.2, -0.15) is 4.80 Å². The summed E-state index contributed by atoms with van der Waals surface area (Å²) in [6, 6.07) is 23.6. The van der Waals surface area contributed by atoms with Crippen molar-refractivity contribution in [3.8, 4) is 0 Å². The van der Waals surface area contributed by atoms with Gasteiger partial charge in [-0.15, -0.1) is 15.3 Å². The second-order valence-electron chi connectivity index (χ2n) is 18.4. The first kappa shape index (κ1) is 47.0. The first-order valence-corrected chi connectivity index (χ1v) is 23.6. The lowest BCUT2D eigenvalue weighted by Gasteiger charge is -2.38. The number of halogens is 2. The summed E-state index contributed by atoms with van der Waals surface area (Å²) < 4.78 is 46.4. The fourth-order valence-corrected chi connectivity index (χ4v) is 10.1. The number of anilines is 4. The Morgan fingerprint density at radius 3 is 2.00 bits per heavy atom. The second kappa shape index (κ2) is 20.0. The van der Waals surface area contributed by atoms with Gasteiger partial charge in [0.2, 0.25) is 17.6 Å². The van der Waals surface area contributed by atoms with Crippen LogP contribution in [-0.2, 0) is 45.0 Å². The SMILES string of the molecule is CO[C@@H]1CN(c2cc3c(cc2F)N(C)C(=O)[C@@H](NC(=O)c2ncn(Cc4ccccc4)n2)CC3)CC1C1CN(c2cc3c(cc2F)CC[C@H](NC(=O)c2nnn(Cc4ccccc4)n2)C(=O)N3C)CCO1. The van der Waals surface area contributed by atoms with Gasteiger partial charge in [0.1, 0.15) is 30.0 Å². The number of likely N-dealkylation sites (N-methyl/N-ethyl adjacent to an activating group) is 2. The van der Waals surface area contributed by atoms with Gasteiger partial charge in [0.15, 0.2) is 0 Å². The van der Waals surface area contributed by atoms with Crippen molar-refractivity contribution < 1.29 is 37.4 Å². The molecule has 5 atom stereocenters. The summed E-state index contributed by atoms with van der Waals surface area (Å²) in [5, 5.41) is 22.0. The van der Waals surface area contributed by atoms with E-state index in [2.05, 4.69) is 36.1 Å². The van der Waals surface area contributed by atoms with Crippen molar-refractivity contribution in [2.24, 2.45) is 5.92 Å². The minimum atomic E-state index is -0.917. The monoisotopic (exact) mass is 969 g/mol. The molecule has 19 nitrogen and oxygen atoms in total. The molecule has 0 saturated carbocycles. The lowest BCUT2D eigenvalue weighted by Crippen LogP contribution is -2.49. The van der Waals surface area contributed by atoms with E-state index in [1.54, 1.807) is 38.0 Å². The number of amides is 4. The Bertz CT molecular complexity index is 2960. The van der Waals surface area contributed by atoms with Crippen molar-refractivity contribution in [1.82, 2.24) is 45.6 Å². The minimum absolute atomic E-state index is 0.0605. The average Bonchev–Trinajstić information content (AvgIpc) is 4.14. The maximum atomic E-state index is 16.3. The van der Waals surface area contributed by atoms with Gasteiger partial charge in [-0.05, 0) is 71.3 Å². The number of nitrogens with zero attached hydrogens (tertiary/aromatic N) is 11. The minimum Gasteiger partial charge on any atom is -0.379 e. The fraction of sp³-hybridized carbons (Fsp3) is 0.380. The molecule has 2 N–H and O–H groups in total. The van der Waals surface area contributed by atoms with Crippen LogP contribution in [0.15, 0.2) is 91.3 Å². The van der Waals surface area contributed by atoms with Crippen LogP contribution in [0.1, 0.15) is 56.3 Å². The van der Waals surface area contributed by atoms with Crippen molar-refractivity contribution in [2.45, 2.75) is 63.1 Å². The van der Waals surface area contributed by atoms with Crippen molar-refractivity contribution in [3.63, 3.8) is 0 Å². The number of carbonyl (C=O) groups excluding carboxylic acids is 4. The Labute approximate surface area is 407 Å². The van der Waals surface area contributed by atoms with Crippen LogP contribution >= 0.6 is 0 Å². The number of nitrogens with one attached hydrogen (secondary N) is 2. The Morgan fingerprint density at radius 1 is 0.718 bits per heavy atom. The standard InChI is InChI=1S/C50H53F2N13O6/c1-60-39-22-36(52)41(21-33(39)15-17-37(49(60)68)54-47(66)45-53-29-64(57-45)24-30-10-6-4-7-11-30)63-26-34(43(27-63)70-3)44-28-62(18-19-71-44)42-23-40-32(20-35(42)51)14-16-38(50(69)61(40)2)55-48(67)46-56-59-65(58-46)25-31-12-8-5-9-13-31/h4-13,20-23,29,34,37-38,43-44H,14-19,24-28H2,1-3H3,(H,54,66)(H,55,67)/t34?,37-,38-,43+,44?/m0/s1. The van der Waals surface area contributed by atoms with E-state index < -0.39 is 41.6 Å². The van der Waals surface area contributed by atoms with Gasteiger partial charge in [0.05, 0.1) is 43.3 Å². The van der Waals surface area contributed by atoms with Crippen LogP contribution in [0.25, 0.3) is 0 Å². The first-order chi connectivity index (χ1) is 34.4. The Hall–Kier alpha value is -7.65. The van der Waals surface area contributed by atoms with E-state index in [9.17, 15) is 19.2 Å². The van der Waals surface area contributed by atoms with Gasteiger partial charge in [-0.3, -0.25) is 19.2 Å². The highest BCUT2D eigenvalue weighted by Gasteiger charge is 2.43. The highest BCUT2D eigenvalue weighted by Crippen LogP contribution is 2.39. The molecule has 0 radical (unpaired) electrons. The summed E-state index contributed by atoms with van der Waals surface area (Å²) in [4.78, 5) is 66.2. The number of fused-ring (bicyclic) bond motifs is 2. The molecule has 2 saturated heterocycles. The molecule has 10 rings (SSSR count). The third-order valence-electron chi connectivity index (χ3n) is 13.9. The van der Waals surface area contributed by atoms with Crippen LogP contribution in [0.4, 0.5) is 31.5 Å². The number of hydrogen-bond acceptors (Lipinski definition) is 13. The number of methoxy groups -OCH3 is 1. The third-order valence-corrected chi connectivity index (χ3v) is 13.9. The number of tetrazole rings is 1. The quantitative estimate of drug-likeness (QED) is 0.181. The van der Waals surface area contributed by atoms with Crippen LogP contribution < -0.4 is 30.2 Å². The molecule has 0 spiro atoms. The van der Waals surface area contributed by atoms with Crippen LogP contribution in [0.5, 0.6) is 0 Å². The number of benzene rings is 4. The smallest absolute Gasteiger partial charge is 0.293 e. The Morgan fingerprint density at radius 2 is 1.32 bits per heavy atom. The topological polar surface area (TPSA) is 198 Å². The lowest BCUT2D eigenvalue weighted by molar-refractivity contribution is -0.120. The van der Waals surface area contributed by atoms with Gasteiger partial charge in [0, 0.05) is 70.7 Å². The molecular formula is C50H53F2N13O6. The summed E-state index contributed by atoms with van der Waals surface area (Å²) in [7, 11) is 4.78. The van der Waals surface area contributed by atoms with Gasteiger partial charge in [0.25, 0.3) is 17.6 Å². The molecule has 4 aliphatic rings. The summed E-state index contributed by atoms with van der Waals surface area (Å²) >= 11 is 0. The van der Waals surface area contributed by atoms with Crippen molar-refractivity contribution in [3.05, 3.63) is 137 Å². The molecule has 4 amide bonds. The largest absolute Gasteiger partial charge is 0.379 e. The van der Waals surface area contributed by atoms with E-state index in [0.717, 1.165) is 16.7 Å². The molecule has 368 valence electrons. The van der Waals surface area contributed by atoms with E-state index >= 15 is 8.78 Å². The van der Waals surface area contributed by atoms with Crippen LogP contribution in [0.3, 0.4) is 0 Å². The van der Waals surface area contributed by atoms with E-state index in [1.165, 1.54) is 33.1 Å². The predicted molar refractivity (Wildman–Crippen MR) is 256 cm³/mol. The summed E-state index contributed by atoms with van der Waals surface area (Å²) in [6.07, 6.45) is 1.89. The maximum absolute atomic E-state index is 16.3. The molecule has 2 unspecified atom stereocenters. The number of aryl methyl sites for hydroxylation is 2. The van der Waals surface area contributed by atoms with E-state index in [1.807, 2.05) is 70.5 Å². The molecule has 4 aromatic carbocycles. The number of aromatic nitrogens is 7. The predicted octanol–water partition coefficient (Wildman–Crippen LogP) is 3.41. The van der Waals surface area contributed by atoms with Gasteiger partial charge < -0.3 is 39.7 Å². The van der Waals surface area contributed by atoms with E-state index in [0.29, 0.717) is 80.4 Å². The molecule has 4 aliphatic heterocycles. The highest BCUT2D eigenvalue weighted by molar-refractivity contribution is 6.03. The molecule has 0 bridgehead atoms. The molecule has 6 aromatic rings. The van der Waals surface area contributed by atoms with E-state index in [4.69, 9.17) is 9.47 Å². The zero-order valence-corrected chi connectivity index (χ0v) is 39.4. The van der Waals surface area contributed by atoms with Crippen LogP contribution in [0, 0.1) is 17.6 Å². The molecule has 21 heteroatoms. The van der Waals surface area contributed by atoms with Crippen LogP contribution in [-0.4, -0.2) is 137 Å². The highest BCUT2D eigenvalue weighted by atomic mass is 19.1. The third kappa shape index (κ3) is 9.78. The molecule has 2 fully saturated rings. The second-order valence-corrected chi connectivity index (χ2v) is 18.4. The van der Waals surface area contributed by atoms with Crippen molar-refractivity contribution >= 4 is 46.4 Å². The maximum Gasteiger partial charge on any atom is 0.293 e. The lowest BCUT2D eigenvalue weighted by atomic mass is 9.96. The van der Waals surface area contributed by atoms with Gasteiger partial charge in [-0.25, -0.2) is 18.4 Å². The number of morpholine rings is 1. The normalized spacial score (nSPS) is 21.4. The zero-order chi connectivity index (χ0) is 49.3. The molecule has 2 aromatic heterocycles. The molecule has 0 aliphatic carbocycles. The molecule has 71 heavy (non-hydrogen) atoms. The Balaban J connectivity index is 0.785. The molecular weight excluding hydrogens is 917 g/mol. The van der Waals surface area contributed by atoms with Crippen molar-refractivity contribution in [1.29, 1.82) is 0 Å². The number of ether oxygens (including phenoxy) is 2. The van der Waals surface area contributed by atoms with Gasteiger partial charge >= 0.3 is 0 Å². The summed E-state index contributed by atoms with van der Waals surface area (Å²) in [5.41, 5.74) is 4.89. The van der Waals surface area contributed by atoms with Crippen molar-refractivity contribution in [2.75, 3.05) is 73.6 Å². The number of rotatable bonds is 12. The zero-order valence-electron chi connectivity index (χ0n) is 39.4. The fourth-order valence-electron chi connectivity index (χ4n) is 10.1. The van der Waals surface area contributed by atoms with Gasteiger partial charge in [-0.1, -0.05) is 60.7 Å². The number of hydrogen-bond donors (Lipinski definition) is 2. The molecule has 6 heterocycles. The van der Waals surface area contributed by atoms with E-state index in [-0.39, 0.29) is 54.9 Å². The Kier molecular flexibility index (Phi) is 13.2. The van der Waals surface area contributed by atoms with Crippen LogP contribution in [0.2, 0.25) is 0 Å². The number of carbonyl (C=O) groups is 4. The summed E-state index contributed by atoms with van der Waals surface area (Å²) in [6.45, 7) is 2.46. The first-order valence-electron chi connectivity index (χ1n) is 23.6. The summed E-state index contributed by atoms with van der Waals surface area (Å²) in [5.74, 6) is -3.42.